The molecule has 5 rings (SSSR count). The lowest BCUT2D eigenvalue weighted by Crippen LogP contribution is -2.34. The summed E-state index contributed by atoms with van der Waals surface area (Å²) in [5.74, 6) is 0.792. The molecule has 5 aromatic rings. The van der Waals surface area contributed by atoms with Crippen molar-refractivity contribution in [3.8, 4) is 6.07 Å². The first-order chi connectivity index (χ1) is 17.5. The molecule has 6 heteroatoms. The average molecular weight is 664 g/mol. The number of nitriles is 1. The number of halogens is 3. The Morgan fingerprint density at radius 3 is 1.64 bits per heavy atom. The van der Waals surface area contributed by atoms with Crippen molar-refractivity contribution in [3.63, 3.8) is 0 Å². The number of hydrogen-bond acceptors (Lipinski definition) is 2. The molecule has 3 nitrogen and oxygen atoms in total. The van der Waals surface area contributed by atoms with Gasteiger partial charge in [0.25, 0.3) is 0 Å². The van der Waals surface area contributed by atoms with Crippen LogP contribution in [0, 0.1) is 11.3 Å². The van der Waals surface area contributed by atoms with Gasteiger partial charge in [-0.25, -0.2) is 4.98 Å². The molecule has 0 spiro atoms. The summed E-state index contributed by atoms with van der Waals surface area (Å²) in [7, 11) is 0. The Labute approximate surface area is 236 Å². The molecule has 0 N–H and O–H groups in total. The molecule has 0 saturated carbocycles. The first-order valence-corrected chi connectivity index (χ1v) is 13.9. The van der Waals surface area contributed by atoms with Crippen molar-refractivity contribution in [3.05, 3.63) is 133 Å². The number of benzene rings is 4. The zero-order chi connectivity index (χ0) is 25.1. The van der Waals surface area contributed by atoms with Gasteiger partial charge in [-0.15, -0.1) is 0 Å². The zero-order valence-electron chi connectivity index (χ0n) is 19.3. The van der Waals surface area contributed by atoms with E-state index in [1.165, 1.54) is 0 Å². The number of nitrogens with zero attached hydrogens (tertiary/aromatic N) is 3. The van der Waals surface area contributed by atoms with Crippen molar-refractivity contribution in [1.29, 1.82) is 5.26 Å². The normalized spacial score (nSPS) is 11.5. The average Bonchev–Trinajstić information content (AvgIpc) is 3.26. The molecule has 0 saturated heterocycles. The molecule has 4 aromatic carbocycles. The molecule has 0 atom stereocenters. The summed E-state index contributed by atoms with van der Waals surface area (Å²) in [6, 6.07) is 35.7. The summed E-state index contributed by atoms with van der Waals surface area (Å²) in [5.41, 5.74) is 4.41. The first-order valence-electron chi connectivity index (χ1n) is 11.6. The molecule has 36 heavy (non-hydrogen) atoms. The van der Waals surface area contributed by atoms with E-state index in [9.17, 15) is 5.26 Å². The van der Waals surface area contributed by atoms with Crippen LogP contribution >= 0.6 is 47.8 Å². The molecule has 178 valence electrons. The Bertz CT molecular complexity index is 1480. The van der Waals surface area contributed by atoms with Crippen LogP contribution in [0.25, 0.3) is 11.0 Å². The number of imidazole rings is 1. The summed E-state index contributed by atoms with van der Waals surface area (Å²) in [4.78, 5) is 5.11. The van der Waals surface area contributed by atoms with Crippen LogP contribution in [0.2, 0.25) is 0 Å². The van der Waals surface area contributed by atoms with Gasteiger partial charge < -0.3 is 4.57 Å². The first kappa shape index (κ1) is 25.0. The minimum Gasteiger partial charge on any atom is -0.322 e. The lowest BCUT2D eigenvalue weighted by atomic mass is 9.76. The van der Waals surface area contributed by atoms with Gasteiger partial charge in [-0.2, -0.15) is 5.26 Å². The largest absolute Gasteiger partial charge is 0.322 e. The highest BCUT2D eigenvalue weighted by Gasteiger charge is 2.38. The fourth-order valence-corrected chi connectivity index (χ4v) is 5.42. The monoisotopic (exact) mass is 661 g/mol. The van der Waals surface area contributed by atoms with Gasteiger partial charge in [0, 0.05) is 20.0 Å². The Morgan fingerprint density at radius 1 is 0.667 bits per heavy atom. The Balaban J connectivity index is 1.69. The van der Waals surface area contributed by atoms with Gasteiger partial charge in [0.2, 0.25) is 0 Å². The summed E-state index contributed by atoms with van der Waals surface area (Å²) >= 11 is 10.6. The molecule has 0 unspecified atom stereocenters. The molecule has 0 fully saturated rings. The van der Waals surface area contributed by atoms with Crippen LogP contribution in [0.15, 0.2) is 110 Å². The van der Waals surface area contributed by atoms with Gasteiger partial charge in [0.05, 0.1) is 17.1 Å². The van der Waals surface area contributed by atoms with Gasteiger partial charge in [-0.05, 0) is 78.1 Å². The third-order valence-electron chi connectivity index (χ3n) is 6.39. The third kappa shape index (κ3) is 5.34. The smallest absolute Gasteiger partial charge is 0.131 e. The van der Waals surface area contributed by atoms with Gasteiger partial charge in [-0.3, -0.25) is 0 Å². The van der Waals surface area contributed by atoms with E-state index in [2.05, 4.69) is 113 Å². The third-order valence-corrected chi connectivity index (χ3v) is 7.97. The molecule has 0 aliphatic rings. The van der Waals surface area contributed by atoms with Crippen molar-refractivity contribution >= 4 is 58.8 Å². The van der Waals surface area contributed by atoms with Crippen LogP contribution in [-0.2, 0) is 24.8 Å². The van der Waals surface area contributed by atoms with Gasteiger partial charge >= 0.3 is 0 Å². The molecule has 0 aliphatic heterocycles. The van der Waals surface area contributed by atoms with E-state index in [1.807, 2.05) is 42.5 Å². The Kier molecular flexibility index (Phi) is 7.43. The second kappa shape index (κ2) is 10.7. The van der Waals surface area contributed by atoms with Gasteiger partial charge in [0.15, 0.2) is 0 Å². The van der Waals surface area contributed by atoms with Gasteiger partial charge in [0.1, 0.15) is 11.2 Å². The van der Waals surface area contributed by atoms with Crippen LogP contribution in [0.5, 0.6) is 0 Å². The molecule has 0 amide bonds. The van der Waals surface area contributed by atoms with E-state index in [4.69, 9.17) is 4.98 Å². The quantitative estimate of drug-likeness (QED) is 0.175. The minimum absolute atomic E-state index is 0.552. The van der Waals surface area contributed by atoms with E-state index >= 15 is 0 Å². The highest BCUT2D eigenvalue weighted by molar-refractivity contribution is 9.11. The molecule has 1 aromatic heterocycles. The van der Waals surface area contributed by atoms with Crippen LogP contribution in [0.1, 0.15) is 22.5 Å². The number of rotatable bonds is 7. The van der Waals surface area contributed by atoms with E-state index in [-0.39, 0.29) is 0 Å². The van der Waals surface area contributed by atoms with Crippen LogP contribution in [0.3, 0.4) is 0 Å². The van der Waals surface area contributed by atoms with Crippen molar-refractivity contribution < 1.29 is 0 Å². The molecule has 0 bridgehead atoms. The van der Waals surface area contributed by atoms with E-state index < -0.39 is 5.41 Å². The SMILES string of the molecule is N#CC(Cc1ccc(Br)cc1)(Cc1ccc(Br)cc1)c1nc2ccccc2n1Cc1ccc(Br)cc1. The standard InChI is InChI=1S/C30H22Br3N3/c31-24-11-5-21(6-12-24)17-30(20-34,18-22-7-13-25(32)14-8-22)29-35-27-3-1-2-4-28(27)36(29)19-23-9-15-26(33)16-10-23/h1-16H,17-19H2. The highest BCUT2D eigenvalue weighted by atomic mass is 79.9. The van der Waals surface area contributed by atoms with Crippen LogP contribution < -0.4 is 0 Å². The fourth-order valence-electron chi connectivity index (χ4n) is 4.62. The van der Waals surface area contributed by atoms with Gasteiger partial charge in [-0.1, -0.05) is 96.3 Å². The molecular weight excluding hydrogens is 642 g/mol. The molecule has 1 heterocycles. The topological polar surface area (TPSA) is 41.6 Å². The maximum absolute atomic E-state index is 10.9. The van der Waals surface area contributed by atoms with E-state index in [1.54, 1.807) is 0 Å². The second-order valence-corrected chi connectivity index (χ2v) is 11.7. The Morgan fingerprint density at radius 2 is 1.14 bits per heavy atom. The molecule has 0 radical (unpaired) electrons. The zero-order valence-corrected chi connectivity index (χ0v) is 24.1. The number of fused-ring (bicyclic) bond motifs is 1. The summed E-state index contributed by atoms with van der Waals surface area (Å²) in [6.45, 7) is 0.632. The predicted molar refractivity (Wildman–Crippen MR) is 156 cm³/mol. The second-order valence-electron chi connectivity index (χ2n) is 8.94. The Hall–Kier alpha value is -2.72. The number of hydrogen-bond donors (Lipinski definition) is 0. The number of aromatic nitrogens is 2. The molecular formula is C30H22Br3N3. The van der Waals surface area contributed by atoms with E-state index in [0.717, 1.165) is 47.0 Å². The fraction of sp³-hybridized carbons (Fsp3) is 0.133. The van der Waals surface area contributed by atoms with Crippen LogP contribution in [-0.4, -0.2) is 9.55 Å². The maximum Gasteiger partial charge on any atom is 0.131 e. The lowest BCUT2D eigenvalue weighted by Gasteiger charge is -2.28. The maximum atomic E-state index is 10.9. The summed E-state index contributed by atoms with van der Waals surface area (Å²) in [6.07, 6.45) is 1.10. The van der Waals surface area contributed by atoms with Crippen molar-refractivity contribution in [1.82, 2.24) is 9.55 Å². The summed E-state index contributed by atoms with van der Waals surface area (Å²) in [5, 5.41) is 10.9. The molecule has 0 aliphatic carbocycles. The summed E-state index contributed by atoms with van der Waals surface area (Å²) < 4.78 is 5.30. The van der Waals surface area contributed by atoms with Crippen molar-refractivity contribution in [2.45, 2.75) is 24.8 Å². The lowest BCUT2D eigenvalue weighted by molar-refractivity contribution is 0.484. The minimum atomic E-state index is -0.865. The van der Waals surface area contributed by atoms with Crippen molar-refractivity contribution in [2.24, 2.45) is 0 Å². The van der Waals surface area contributed by atoms with E-state index in [0.29, 0.717) is 19.4 Å². The van der Waals surface area contributed by atoms with Crippen molar-refractivity contribution in [2.75, 3.05) is 0 Å². The number of para-hydroxylation sites is 2. The highest BCUT2D eigenvalue weighted by Crippen LogP contribution is 2.35. The predicted octanol–water partition coefficient (Wildman–Crippen LogP) is 8.62. The van der Waals surface area contributed by atoms with Crippen LogP contribution in [0.4, 0.5) is 0 Å².